The summed E-state index contributed by atoms with van der Waals surface area (Å²) in [5.74, 6) is 1.87. The number of para-hydroxylation sites is 1. The summed E-state index contributed by atoms with van der Waals surface area (Å²) >= 11 is 1.92. The Labute approximate surface area is 323 Å². The van der Waals surface area contributed by atoms with Crippen LogP contribution in [0.4, 0.5) is 5.69 Å². The molecule has 0 bridgehead atoms. The Morgan fingerprint density at radius 2 is 1.16 bits per heavy atom. The van der Waals surface area contributed by atoms with Gasteiger partial charge in [0.1, 0.15) is 0 Å². The molecule has 0 aromatic heterocycles. The van der Waals surface area contributed by atoms with E-state index in [-0.39, 0.29) is 64.8 Å². The summed E-state index contributed by atoms with van der Waals surface area (Å²) in [5.41, 5.74) is 8.96. The molecule has 45 heavy (non-hydrogen) atoms. The van der Waals surface area contributed by atoms with E-state index in [2.05, 4.69) is 102 Å². The molecule has 2 aliphatic heterocycles. The smallest absolute Gasteiger partial charge is 1.00 e. The maximum Gasteiger partial charge on any atom is 2.00 e. The van der Waals surface area contributed by atoms with Crippen LogP contribution in [0.3, 0.4) is 0 Å². The minimum absolute atomic E-state index is 0. The predicted octanol–water partition coefficient (Wildman–Crippen LogP) is 4.97. The van der Waals surface area contributed by atoms with Crippen molar-refractivity contribution >= 4 is 23.7 Å². The van der Waals surface area contributed by atoms with Gasteiger partial charge in [0.2, 0.25) is 0 Å². The number of rotatable bonds is 7. The van der Waals surface area contributed by atoms with Crippen molar-refractivity contribution in [3.8, 4) is 0 Å². The standard InChI is InChI=1S/C28H33NS.2C5H10O.2ClH.Gd/c1-19(2)25-14-9-15-26(20(3)4)27(25)29-17-23-12-8-13-24(16-23)18-30-28-21(5)10-7-11-22(28)6;2*1-2-4-6-5-3-1;;;/h7-17,19-20H,18H2,1-6H3;2*1-5H2;2*1H;/q;;;;;+2/p-2. The van der Waals surface area contributed by atoms with Gasteiger partial charge in [0.25, 0.3) is 0 Å². The fourth-order valence-corrected chi connectivity index (χ4v) is 6.20. The van der Waals surface area contributed by atoms with Gasteiger partial charge >= 0.3 is 39.9 Å². The van der Waals surface area contributed by atoms with Crippen LogP contribution in [0.25, 0.3) is 0 Å². The molecule has 0 saturated carbocycles. The Balaban J connectivity index is 0.00000107. The summed E-state index contributed by atoms with van der Waals surface area (Å²) in [4.78, 5) is 6.37. The third-order valence-corrected chi connectivity index (χ3v) is 8.99. The number of hydrogen-bond donors (Lipinski definition) is 0. The van der Waals surface area contributed by atoms with Crippen molar-refractivity contribution in [3.63, 3.8) is 0 Å². The molecule has 7 heteroatoms. The van der Waals surface area contributed by atoms with E-state index in [9.17, 15) is 0 Å². The summed E-state index contributed by atoms with van der Waals surface area (Å²) < 4.78 is 10.1. The van der Waals surface area contributed by atoms with Crippen molar-refractivity contribution in [2.75, 3.05) is 26.4 Å². The zero-order chi connectivity index (χ0) is 30.2. The second kappa shape index (κ2) is 25.5. The largest absolute Gasteiger partial charge is 2.00 e. The van der Waals surface area contributed by atoms with Crippen molar-refractivity contribution in [2.45, 2.75) is 103 Å². The summed E-state index contributed by atoms with van der Waals surface area (Å²) in [6.07, 6.45) is 9.89. The molecule has 0 amide bonds. The molecule has 0 aliphatic carbocycles. The van der Waals surface area contributed by atoms with Gasteiger partial charge in [0.15, 0.2) is 0 Å². The number of aryl methyl sites for hydroxylation is 2. The number of aliphatic imine (C=N–C) groups is 1. The monoisotopic (exact) mass is 815 g/mol. The van der Waals surface area contributed by atoms with Crippen LogP contribution in [0.15, 0.2) is 70.6 Å². The van der Waals surface area contributed by atoms with Gasteiger partial charge in [-0.05, 0) is 104 Å². The molecule has 2 aliphatic rings. The zero-order valence-corrected chi connectivity index (χ0v) is 32.7. The van der Waals surface area contributed by atoms with Gasteiger partial charge in [-0.3, -0.25) is 4.99 Å². The van der Waals surface area contributed by atoms with Crippen molar-refractivity contribution in [1.29, 1.82) is 0 Å². The topological polar surface area (TPSA) is 30.8 Å². The minimum Gasteiger partial charge on any atom is -1.00 e. The molecule has 2 heterocycles. The molecule has 2 saturated heterocycles. The van der Waals surface area contributed by atoms with Gasteiger partial charge in [0, 0.05) is 43.3 Å². The van der Waals surface area contributed by atoms with Gasteiger partial charge in [0.05, 0.1) is 5.69 Å². The van der Waals surface area contributed by atoms with Crippen LogP contribution in [0.2, 0.25) is 0 Å². The Morgan fingerprint density at radius 1 is 0.689 bits per heavy atom. The molecule has 0 spiro atoms. The predicted molar refractivity (Wildman–Crippen MR) is 183 cm³/mol. The van der Waals surface area contributed by atoms with Crippen LogP contribution in [0.1, 0.15) is 111 Å². The van der Waals surface area contributed by atoms with Crippen molar-refractivity contribution < 1.29 is 74.2 Å². The molecule has 3 aromatic rings. The Kier molecular flexibility index (Phi) is 25.2. The molecule has 250 valence electrons. The summed E-state index contributed by atoms with van der Waals surface area (Å²) in [7, 11) is 0. The molecule has 0 unspecified atom stereocenters. The first-order valence-corrected chi connectivity index (χ1v) is 17.0. The fraction of sp³-hybridized carbons (Fsp3) is 0.500. The molecule has 0 radical (unpaired) electrons. The van der Waals surface area contributed by atoms with Crippen LogP contribution >= 0.6 is 11.8 Å². The number of thioether (sulfide) groups is 1. The molecular formula is C38H53Cl2GdNO2S. The number of halogens is 2. The van der Waals surface area contributed by atoms with E-state index in [1.807, 2.05) is 18.0 Å². The maximum absolute atomic E-state index is 5.07. The normalized spacial score (nSPS) is 14.2. The van der Waals surface area contributed by atoms with Gasteiger partial charge in [-0.25, -0.2) is 0 Å². The molecule has 0 atom stereocenters. The maximum atomic E-state index is 5.07. The SMILES string of the molecule is C1CCOCC1.C1CCOCC1.Cc1cccc(C)c1SCc1cccc(C=Nc2c(C(C)C)cccc2C(C)C)c1.[Cl-].[Cl-].[Gd+2]. The Bertz CT molecular complexity index is 1160. The number of hydrogen-bond acceptors (Lipinski definition) is 4. The number of ether oxygens (including phenoxy) is 2. The van der Waals surface area contributed by atoms with E-state index in [1.54, 1.807) is 0 Å². The fourth-order valence-electron chi connectivity index (χ4n) is 5.12. The second-order valence-electron chi connectivity index (χ2n) is 12.0. The Hall–Kier alpha value is -0.495. The zero-order valence-electron chi connectivity index (χ0n) is 28.1. The van der Waals surface area contributed by atoms with E-state index in [0.717, 1.165) is 43.4 Å². The van der Waals surface area contributed by atoms with Crippen LogP contribution in [0.5, 0.6) is 0 Å². The van der Waals surface area contributed by atoms with Crippen LogP contribution in [0, 0.1) is 53.8 Å². The average Bonchev–Trinajstić information content (AvgIpc) is 3.02. The second-order valence-corrected chi connectivity index (χ2v) is 12.9. The van der Waals surface area contributed by atoms with Gasteiger partial charge in [-0.15, -0.1) is 11.8 Å². The van der Waals surface area contributed by atoms with E-state index < -0.39 is 0 Å². The van der Waals surface area contributed by atoms with Crippen LogP contribution in [-0.2, 0) is 15.2 Å². The molecule has 3 aromatic carbocycles. The van der Waals surface area contributed by atoms with Gasteiger partial charge in [-0.2, -0.15) is 0 Å². The quantitative estimate of drug-likeness (QED) is 0.250. The molecule has 0 N–H and O–H groups in total. The Morgan fingerprint density at radius 3 is 1.58 bits per heavy atom. The minimum atomic E-state index is 0. The van der Waals surface area contributed by atoms with Crippen molar-refractivity contribution in [2.24, 2.45) is 4.99 Å². The summed E-state index contributed by atoms with van der Waals surface area (Å²) in [5, 5.41) is 0. The first kappa shape index (κ1) is 44.5. The van der Waals surface area contributed by atoms with Crippen LogP contribution in [-0.4, -0.2) is 32.6 Å². The third-order valence-electron chi connectivity index (χ3n) is 7.58. The van der Waals surface area contributed by atoms with E-state index in [1.165, 1.54) is 71.2 Å². The first-order chi connectivity index (χ1) is 20.4. The van der Waals surface area contributed by atoms with Crippen molar-refractivity contribution in [3.05, 3.63) is 94.0 Å². The third kappa shape index (κ3) is 16.4. The van der Waals surface area contributed by atoms with E-state index in [4.69, 9.17) is 14.5 Å². The molecule has 2 fully saturated rings. The molecular weight excluding hydrogens is 763 g/mol. The average molecular weight is 816 g/mol. The first-order valence-electron chi connectivity index (χ1n) is 16.0. The molecule has 5 rings (SSSR count). The number of benzene rings is 3. The van der Waals surface area contributed by atoms with E-state index in [0.29, 0.717) is 11.8 Å². The number of nitrogens with zero attached hydrogens (tertiary/aromatic N) is 1. The molecule has 3 nitrogen and oxygen atoms in total. The van der Waals surface area contributed by atoms with Gasteiger partial charge < -0.3 is 34.3 Å². The van der Waals surface area contributed by atoms with Gasteiger partial charge in [-0.1, -0.05) is 82.3 Å². The summed E-state index contributed by atoms with van der Waals surface area (Å²) in [6, 6.07) is 21.8. The summed E-state index contributed by atoms with van der Waals surface area (Å²) in [6.45, 7) is 17.3. The van der Waals surface area contributed by atoms with Crippen LogP contribution < -0.4 is 24.8 Å². The van der Waals surface area contributed by atoms with Crippen molar-refractivity contribution in [1.82, 2.24) is 0 Å². The van der Waals surface area contributed by atoms with E-state index >= 15 is 0 Å².